The highest BCUT2D eigenvalue weighted by Gasteiger charge is 2.24. The highest BCUT2D eigenvalue weighted by molar-refractivity contribution is 7.90. The fourth-order valence-electron chi connectivity index (χ4n) is 2.81. The van der Waals surface area contributed by atoms with Gasteiger partial charge in [0.2, 0.25) is 0 Å². The lowest BCUT2D eigenvalue weighted by molar-refractivity contribution is -0.116. The van der Waals surface area contributed by atoms with Gasteiger partial charge in [-0.3, -0.25) is 4.79 Å². The van der Waals surface area contributed by atoms with E-state index in [9.17, 15) is 13.2 Å². The van der Waals surface area contributed by atoms with Crippen LogP contribution in [0.3, 0.4) is 0 Å². The maximum Gasteiger partial charge on any atom is 0.266 e. The van der Waals surface area contributed by atoms with Gasteiger partial charge in [0.15, 0.2) is 0 Å². The van der Waals surface area contributed by atoms with E-state index in [1.807, 2.05) is 18.2 Å². The molecule has 1 aliphatic rings. The second-order valence-corrected chi connectivity index (χ2v) is 7.18. The van der Waals surface area contributed by atoms with Crippen molar-refractivity contribution >= 4 is 26.8 Å². The third-order valence-corrected chi connectivity index (χ3v) is 5.32. The first-order chi connectivity index (χ1) is 10.5. The molecule has 0 spiro atoms. The fourth-order valence-corrected chi connectivity index (χ4v) is 4.05. The molecule has 6 heteroatoms. The quantitative estimate of drug-likeness (QED) is 0.945. The lowest BCUT2D eigenvalue weighted by Gasteiger charge is -2.12. The molecule has 5 nitrogen and oxygen atoms in total. The number of hydrogen-bond donors (Lipinski definition) is 1. The van der Waals surface area contributed by atoms with Crippen molar-refractivity contribution in [3.63, 3.8) is 0 Å². The first kappa shape index (κ1) is 14.8. The Morgan fingerprint density at radius 2 is 2.00 bits per heavy atom. The number of amides is 1. The van der Waals surface area contributed by atoms with Crippen molar-refractivity contribution in [2.45, 2.75) is 30.6 Å². The topological polar surface area (TPSA) is 68.2 Å². The summed E-state index contributed by atoms with van der Waals surface area (Å²) in [6.45, 7) is 0. The molecular formula is C16H18N2O3S. The van der Waals surface area contributed by atoms with Crippen LogP contribution in [-0.4, -0.2) is 18.9 Å². The molecule has 0 atom stereocenters. The molecule has 0 radical (unpaired) electrons. The number of nitrogens with zero attached hydrogens (tertiary/aromatic N) is 1. The number of sulfonamides is 1. The van der Waals surface area contributed by atoms with Crippen molar-refractivity contribution in [1.29, 1.82) is 0 Å². The van der Waals surface area contributed by atoms with Crippen LogP contribution in [0.2, 0.25) is 0 Å². The molecule has 1 aliphatic carbocycles. The predicted octanol–water partition coefficient (Wildman–Crippen LogP) is 2.48. The number of rotatable bonds is 3. The van der Waals surface area contributed by atoms with Gasteiger partial charge in [-0.05, 0) is 31.7 Å². The molecule has 0 saturated carbocycles. The average molecular weight is 318 g/mol. The van der Waals surface area contributed by atoms with Crippen LogP contribution in [-0.2, 0) is 21.9 Å². The third-order valence-electron chi connectivity index (χ3n) is 3.96. The second kappa shape index (κ2) is 5.61. The molecule has 2 aromatic rings. The number of aromatic nitrogens is 1. The molecule has 3 rings (SSSR count). The lowest BCUT2D eigenvalue weighted by atomic mass is 9.99. The van der Waals surface area contributed by atoms with Gasteiger partial charge in [0.25, 0.3) is 15.9 Å². The molecule has 1 heterocycles. The largest absolute Gasteiger partial charge is 0.349 e. The number of carbonyl (C=O) groups excluding carboxylic acids is 1. The van der Waals surface area contributed by atoms with Crippen LogP contribution in [0.15, 0.2) is 47.0 Å². The molecule has 1 aromatic carbocycles. The summed E-state index contributed by atoms with van der Waals surface area (Å²) in [6.07, 6.45) is 6.81. The number of benzene rings is 1. The maximum atomic E-state index is 12.5. The Labute approximate surface area is 129 Å². The molecular weight excluding hydrogens is 300 g/mol. The number of carbonyl (C=O) groups is 1. The molecule has 1 N–H and O–H groups in total. The molecule has 0 aliphatic heterocycles. The third kappa shape index (κ3) is 2.66. The van der Waals surface area contributed by atoms with Crippen LogP contribution >= 0.6 is 0 Å². The van der Waals surface area contributed by atoms with Crippen molar-refractivity contribution in [3.05, 3.63) is 42.1 Å². The van der Waals surface area contributed by atoms with Crippen molar-refractivity contribution < 1.29 is 13.2 Å². The molecule has 0 fully saturated rings. The molecule has 1 aromatic heterocycles. The van der Waals surface area contributed by atoms with Crippen LogP contribution in [0.1, 0.15) is 25.7 Å². The van der Waals surface area contributed by atoms with Gasteiger partial charge in [-0.1, -0.05) is 24.3 Å². The Bertz CT molecular complexity index is 863. The summed E-state index contributed by atoms with van der Waals surface area (Å²) < 4.78 is 29.0. The smallest absolute Gasteiger partial charge is 0.266 e. The summed E-state index contributed by atoms with van der Waals surface area (Å²) in [5.74, 6) is -0.507. The van der Waals surface area contributed by atoms with E-state index in [0.717, 1.165) is 24.8 Å². The number of para-hydroxylation sites is 1. The van der Waals surface area contributed by atoms with Gasteiger partial charge in [0.05, 0.1) is 0 Å². The number of aryl methyl sites for hydroxylation is 1. The normalized spacial score (nSPS) is 15.6. The van der Waals surface area contributed by atoms with Crippen LogP contribution in [0, 0.1) is 0 Å². The Morgan fingerprint density at radius 1 is 1.23 bits per heavy atom. The molecule has 116 valence electrons. The molecule has 22 heavy (non-hydrogen) atoms. The predicted molar refractivity (Wildman–Crippen MR) is 84.8 cm³/mol. The number of nitrogens with one attached hydrogen (secondary N) is 1. The van der Waals surface area contributed by atoms with Gasteiger partial charge in [-0.25, -0.2) is 13.1 Å². The summed E-state index contributed by atoms with van der Waals surface area (Å²) in [6, 6.07) is 7.23. The van der Waals surface area contributed by atoms with E-state index >= 15 is 0 Å². The van der Waals surface area contributed by atoms with E-state index in [2.05, 4.69) is 4.72 Å². The van der Waals surface area contributed by atoms with Gasteiger partial charge < -0.3 is 4.57 Å². The summed E-state index contributed by atoms with van der Waals surface area (Å²) in [4.78, 5) is 12.3. The Kier molecular flexibility index (Phi) is 3.78. The molecule has 0 unspecified atom stereocenters. The highest BCUT2D eigenvalue weighted by Crippen LogP contribution is 2.25. The van der Waals surface area contributed by atoms with E-state index in [1.165, 1.54) is 6.20 Å². The van der Waals surface area contributed by atoms with Crippen molar-refractivity contribution in [2.75, 3.05) is 0 Å². The van der Waals surface area contributed by atoms with Crippen LogP contribution < -0.4 is 4.72 Å². The maximum absolute atomic E-state index is 12.5. The summed E-state index contributed by atoms with van der Waals surface area (Å²) in [5, 5.41) is 0.614. The lowest BCUT2D eigenvalue weighted by Crippen LogP contribution is -2.32. The summed E-state index contributed by atoms with van der Waals surface area (Å²) in [7, 11) is -2.09. The van der Waals surface area contributed by atoms with Crippen LogP contribution in [0.5, 0.6) is 0 Å². The van der Waals surface area contributed by atoms with Gasteiger partial charge in [-0.2, -0.15) is 0 Å². The fraction of sp³-hybridized carbons (Fsp3) is 0.312. The van der Waals surface area contributed by atoms with Crippen molar-refractivity contribution in [2.24, 2.45) is 7.05 Å². The Hall–Kier alpha value is -2.08. The second-order valence-electron chi connectivity index (χ2n) is 5.53. The zero-order valence-electron chi connectivity index (χ0n) is 12.4. The van der Waals surface area contributed by atoms with E-state index in [1.54, 1.807) is 23.7 Å². The van der Waals surface area contributed by atoms with Crippen molar-refractivity contribution in [3.8, 4) is 0 Å². The summed E-state index contributed by atoms with van der Waals surface area (Å²) in [5.41, 5.74) is 1.38. The Morgan fingerprint density at radius 3 is 2.73 bits per heavy atom. The van der Waals surface area contributed by atoms with Crippen LogP contribution in [0.25, 0.3) is 10.9 Å². The molecule has 0 bridgehead atoms. The highest BCUT2D eigenvalue weighted by atomic mass is 32.2. The van der Waals surface area contributed by atoms with E-state index in [-0.39, 0.29) is 4.90 Å². The van der Waals surface area contributed by atoms with Gasteiger partial charge in [0.1, 0.15) is 4.90 Å². The van der Waals surface area contributed by atoms with Crippen molar-refractivity contribution in [1.82, 2.24) is 9.29 Å². The standard InChI is InChI=1S/C16H18N2O3S/c1-18-11-15(13-9-5-6-10-14(13)18)22(20,21)17-16(19)12-7-3-2-4-8-12/h5-7,9-11H,2-4,8H2,1H3,(H,17,19). The number of fused-ring (bicyclic) bond motifs is 1. The van der Waals surface area contributed by atoms with E-state index in [0.29, 0.717) is 17.4 Å². The minimum atomic E-state index is -3.88. The van der Waals surface area contributed by atoms with Gasteiger partial charge in [-0.15, -0.1) is 0 Å². The molecule has 0 saturated heterocycles. The van der Waals surface area contributed by atoms with Crippen LogP contribution in [0.4, 0.5) is 0 Å². The minimum Gasteiger partial charge on any atom is -0.349 e. The first-order valence-electron chi connectivity index (χ1n) is 7.29. The van der Waals surface area contributed by atoms with E-state index in [4.69, 9.17) is 0 Å². The molecule has 1 amide bonds. The minimum absolute atomic E-state index is 0.135. The van der Waals surface area contributed by atoms with Gasteiger partial charge >= 0.3 is 0 Å². The average Bonchev–Trinajstić information content (AvgIpc) is 2.86. The zero-order valence-corrected chi connectivity index (χ0v) is 13.2. The Balaban J connectivity index is 1.95. The number of allylic oxidation sites excluding steroid dienone is 1. The summed E-state index contributed by atoms with van der Waals surface area (Å²) >= 11 is 0. The zero-order chi connectivity index (χ0) is 15.7. The first-order valence-corrected chi connectivity index (χ1v) is 8.77. The monoisotopic (exact) mass is 318 g/mol. The van der Waals surface area contributed by atoms with E-state index < -0.39 is 15.9 Å². The van der Waals surface area contributed by atoms with Gasteiger partial charge in [0, 0.05) is 29.7 Å². The SMILES string of the molecule is Cn1cc(S(=O)(=O)NC(=O)C2=CCCCC2)c2ccccc21. The number of hydrogen-bond acceptors (Lipinski definition) is 3.